The highest BCUT2D eigenvalue weighted by atomic mass is 19.4. The largest absolute Gasteiger partial charge is 0.493 e. The summed E-state index contributed by atoms with van der Waals surface area (Å²) in [6.45, 7) is 10.1. The number of amides is 1. The minimum absolute atomic E-state index is 0.0625. The standard InChI is InChI=1S/C35H48N6O3.C2HF3O2/c1-3-4-17-38-35(36)39-34(42)15-11-28-10-14-32(33(24-28)44-23-6-22-43-2)31-12-8-29(9-13-31)26-40-18-20-41(21-19-40)27-30-7-5-16-37-25-30;3-2(4,5)1(6)7/h5,7-10,12-14,16,24-25H,3-4,6,11,15,17-23,26-27H2,1-2H3,(H3,36,38,39,42);(H,6,7). The molecule has 0 aliphatic carbocycles. The van der Waals surface area contributed by atoms with Gasteiger partial charge in [0.15, 0.2) is 5.96 Å². The van der Waals surface area contributed by atoms with Crippen LogP contribution in [0.4, 0.5) is 13.2 Å². The lowest BCUT2D eigenvalue weighted by Gasteiger charge is -2.34. The predicted octanol–water partition coefficient (Wildman–Crippen LogP) is 5.49. The molecular formula is C37H49F3N6O5. The summed E-state index contributed by atoms with van der Waals surface area (Å²) in [6, 6.07) is 19.1. The van der Waals surface area contributed by atoms with Crippen LogP contribution in [0.5, 0.6) is 5.75 Å². The van der Waals surface area contributed by atoms with Crippen LogP contribution in [0.25, 0.3) is 11.1 Å². The number of unbranched alkanes of at least 4 members (excludes halogenated alkanes) is 1. The lowest BCUT2D eigenvalue weighted by molar-refractivity contribution is -0.192. The number of benzene rings is 2. The number of aromatic nitrogens is 1. The van der Waals surface area contributed by atoms with E-state index in [0.717, 1.165) is 81.0 Å². The molecule has 4 rings (SSSR count). The van der Waals surface area contributed by atoms with Gasteiger partial charge in [-0.25, -0.2) is 4.79 Å². The average Bonchev–Trinajstić information content (AvgIpc) is 3.11. The molecule has 1 fully saturated rings. The Bertz CT molecular complexity index is 1500. The van der Waals surface area contributed by atoms with E-state index in [9.17, 15) is 18.0 Å². The number of halogens is 3. The van der Waals surface area contributed by atoms with Crippen molar-refractivity contribution in [2.24, 2.45) is 0 Å². The third-order valence-corrected chi connectivity index (χ3v) is 8.04. The van der Waals surface area contributed by atoms with Gasteiger partial charge < -0.3 is 19.9 Å². The van der Waals surface area contributed by atoms with Crippen molar-refractivity contribution in [3.63, 3.8) is 0 Å². The maximum absolute atomic E-state index is 12.4. The molecule has 1 aliphatic heterocycles. The number of aryl methyl sites for hydroxylation is 1. The van der Waals surface area contributed by atoms with Crippen molar-refractivity contribution in [1.29, 1.82) is 5.41 Å². The van der Waals surface area contributed by atoms with Crippen LogP contribution in [0.3, 0.4) is 0 Å². The first-order valence-electron chi connectivity index (χ1n) is 17.1. The molecule has 0 atom stereocenters. The van der Waals surface area contributed by atoms with Gasteiger partial charge in [-0.2, -0.15) is 13.2 Å². The highest BCUT2D eigenvalue weighted by molar-refractivity contribution is 5.95. The van der Waals surface area contributed by atoms with Gasteiger partial charge in [-0.3, -0.25) is 30.3 Å². The van der Waals surface area contributed by atoms with Crippen LogP contribution in [0.2, 0.25) is 0 Å². The Hall–Kier alpha value is -4.53. The SMILES string of the molecule is CCCCNC(=N)NC(=O)CCc1ccc(-c2ccc(CN3CCN(Cc4cccnc4)CC3)cc2)c(OCCCOC)c1.O=C(O)C(F)(F)F. The molecule has 0 saturated carbocycles. The summed E-state index contributed by atoms with van der Waals surface area (Å²) in [6.07, 6.45) is 2.36. The van der Waals surface area contributed by atoms with E-state index in [4.69, 9.17) is 24.8 Å². The minimum Gasteiger partial charge on any atom is -0.493 e. The van der Waals surface area contributed by atoms with E-state index in [2.05, 4.69) is 74.8 Å². The lowest BCUT2D eigenvalue weighted by Crippen LogP contribution is -2.45. The molecule has 2 aromatic carbocycles. The maximum atomic E-state index is 12.4. The fourth-order valence-electron chi connectivity index (χ4n) is 5.26. The average molecular weight is 715 g/mol. The van der Waals surface area contributed by atoms with Gasteiger partial charge in [0, 0.05) is 90.3 Å². The zero-order valence-corrected chi connectivity index (χ0v) is 29.3. The molecule has 1 saturated heterocycles. The number of pyridine rings is 1. The first-order valence-corrected chi connectivity index (χ1v) is 17.1. The van der Waals surface area contributed by atoms with Gasteiger partial charge in [0.1, 0.15) is 5.75 Å². The summed E-state index contributed by atoms with van der Waals surface area (Å²) in [7, 11) is 1.69. The fourth-order valence-corrected chi connectivity index (χ4v) is 5.26. The van der Waals surface area contributed by atoms with Gasteiger partial charge >= 0.3 is 12.1 Å². The van der Waals surface area contributed by atoms with E-state index in [0.29, 0.717) is 32.6 Å². The van der Waals surface area contributed by atoms with Crippen LogP contribution in [-0.4, -0.2) is 97.0 Å². The highest BCUT2D eigenvalue weighted by Gasteiger charge is 2.38. The third kappa shape index (κ3) is 15.5. The second-order valence-corrected chi connectivity index (χ2v) is 12.1. The first kappa shape index (κ1) is 40.9. The zero-order valence-electron chi connectivity index (χ0n) is 29.3. The molecule has 11 nitrogen and oxygen atoms in total. The van der Waals surface area contributed by atoms with Crippen molar-refractivity contribution >= 4 is 17.8 Å². The van der Waals surface area contributed by atoms with E-state index >= 15 is 0 Å². The predicted molar refractivity (Wildman–Crippen MR) is 189 cm³/mol. The molecule has 0 radical (unpaired) electrons. The number of hydrogen-bond donors (Lipinski definition) is 4. The number of carboxylic acid groups (broad SMARTS) is 1. The van der Waals surface area contributed by atoms with Crippen LogP contribution >= 0.6 is 0 Å². The second-order valence-electron chi connectivity index (χ2n) is 12.1. The molecule has 1 aliphatic rings. The summed E-state index contributed by atoms with van der Waals surface area (Å²) in [5.41, 5.74) is 5.73. The third-order valence-electron chi connectivity index (χ3n) is 8.04. The maximum Gasteiger partial charge on any atom is 0.490 e. The molecule has 278 valence electrons. The minimum atomic E-state index is -5.08. The van der Waals surface area contributed by atoms with Gasteiger partial charge in [0.05, 0.1) is 6.61 Å². The van der Waals surface area contributed by atoms with Crippen molar-refractivity contribution in [3.8, 4) is 16.9 Å². The van der Waals surface area contributed by atoms with Crippen LogP contribution in [0, 0.1) is 5.41 Å². The second kappa shape index (κ2) is 21.6. The number of carbonyl (C=O) groups excluding carboxylic acids is 1. The number of ether oxygens (including phenoxy) is 2. The van der Waals surface area contributed by atoms with Crippen molar-refractivity contribution in [2.45, 2.75) is 58.3 Å². The number of rotatable bonds is 16. The van der Waals surface area contributed by atoms with Gasteiger partial charge in [-0.1, -0.05) is 55.8 Å². The van der Waals surface area contributed by atoms with E-state index in [1.807, 2.05) is 24.5 Å². The van der Waals surface area contributed by atoms with E-state index in [1.54, 1.807) is 7.11 Å². The van der Waals surface area contributed by atoms with Gasteiger partial charge in [-0.15, -0.1) is 0 Å². The monoisotopic (exact) mass is 714 g/mol. The molecular weight excluding hydrogens is 665 g/mol. The quantitative estimate of drug-likeness (QED) is 0.0862. The van der Waals surface area contributed by atoms with E-state index < -0.39 is 12.1 Å². The number of nitrogens with zero attached hydrogens (tertiary/aromatic N) is 3. The molecule has 1 aromatic heterocycles. The fraction of sp³-hybridized carbons (Fsp3) is 0.459. The Balaban J connectivity index is 0.000000908. The van der Waals surface area contributed by atoms with Crippen LogP contribution < -0.4 is 15.4 Å². The summed E-state index contributed by atoms with van der Waals surface area (Å²) < 4.78 is 43.2. The molecule has 1 amide bonds. The Morgan fingerprint density at radius 3 is 2.18 bits per heavy atom. The number of carboxylic acids is 1. The number of alkyl halides is 3. The Kier molecular flexibility index (Phi) is 17.3. The zero-order chi connectivity index (χ0) is 37.1. The summed E-state index contributed by atoms with van der Waals surface area (Å²) >= 11 is 0. The number of nitrogens with one attached hydrogen (secondary N) is 3. The molecule has 4 N–H and O–H groups in total. The van der Waals surface area contributed by atoms with Crippen LogP contribution in [0.15, 0.2) is 67.0 Å². The Morgan fingerprint density at radius 2 is 1.59 bits per heavy atom. The topological polar surface area (TPSA) is 140 Å². The Morgan fingerprint density at radius 1 is 0.941 bits per heavy atom. The van der Waals surface area contributed by atoms with Crippen LogP contribution in [0.1, 0.15) is 49.3 Å². The molecule has 2 heterocycles. The Labute approximate surface area is 297 Å². The molecule has 0 spiro atoms. The molecule has 14 heteroatoms. The number of hydrogen-bond acceptors (Lipinski definition) is 8. The molecule has 51 heavy (non-hydrogen) atoms. The summed E-state index contributed by atoms with van der Waals surface area (Å²) in [5.74, 6) is -2.05. The van der Waals surface area contributed by atoms with Gasteiger partial charge in [0.25, 0.3) is 0 Å². The molecule has 0 unspecified atom stereocenters. The van der Waals surface area contributed by atoms with Crippen LogP contribution in [-0.2, 0) is 33.8 Å². The summed E-state index contributed by atoms with van der Waals surface area (Å²) in [4.78, 5) is 30.6. The number of methoxy groups -OCH3 is 1. The number of carbonyl (C=O) groups is 2. The van der Waals surface area contributed by atoms with Gasteiger partial charge in [-0.05, 0) is 47.2 Å². The van der Waals surface area contributed by atoms with E-state index in [1.165, 1.54) is 11.1 Å². The summed E-state index contributed by atoms with van der Waals surface area (Å²) in [5, 5.41) is 20.6. The smallest absolute Gasteiger partial charge is 0.490 e. The number of piperazine rings is 1. The lowest BCUT2D eigenvalue weighted by atomic mass is 9.99. The first-order chi connectivity index (χ1) is 24.5. The van der Waals surface area contributed by atoms with Gasteiger partial charge in [0.2, 0.25) is 5.91 Å². The molecule has 0 bridgehead atoms. The number of guanidine groups is 1. The van der Waals surface area contributed by atoms with Crippen molar-refractivity contribution in [2.75, 3.05) is 53.0 Å². The molecule has 3 aromatic rings. The van der Waals surface area contributed by atoms with E-state index in [-0.39, 0.29) is 11.9 Å². The van der Waals surface area contributed by atoms with Crippen molar-refractivity contribution in [3.05, 3.63) is 83.7 Å². The highest BCUT2D eigenvalue weighted by Crippen LogP contribution is 2.32. The van der Waals surface area contributed by atoms with Crippen molar-refractivity contribution < 1.29 is 37.3 Å². The number of aliphatic carboxylic acids is 1. The normalized spacial score (nSPS) is 13.5. The van der Waals surface area contributed by atoms with Crippen molar-refractivity contribution in [1.82, 2.24) is 25.4 Å².